The van der Waals surface area contributed by atoms with Gasteiger partial charge >= 0.3 is 0 Å². The number of aromatic nitrogens is 2. The molecule has 0 unspecified atom stereocenters. The Bertz CT molecular complexity index is 1080. The Balaban J connectivity index is 1.47. The summed E-state index contributed by atoms with van der Waals surface area (Å²) in [5.74, 6) is 1.14. The number of hydrogen-bond donors (Lipinski definition) is 1. The fourth-order valence-electron chi connectivity index (χ4n) is 4.04. The van der Waals surface area contributed by atoms with E-state index in [1.807, 2.05) is 30.3 Å². The van der Waals surface area contributed by atoms with Gasteiger partial charge in [-0.3, -0.25) is 4.79 Å². The Kier molecular flexibility index (Phi) is 3.93. The van der Waals surface area contributed by atoms with Crippen LogP contribution in [0.3, 0.4) is 0 Å². The van der Waals surface area contributed by atoms with Crippen molar-refractivity contribution in [2.24, 2.45) is 0 Å². The van der Waals surface area contributed by atoms with Crippen LogP contribution in [0.25, 0.3) is 11.1 Å². The van der Waals surface area contributed by atoms with Crippen molar-refractivity contribution >= 4 is 22.8 Å². The van der Waals surface area contributed by atoms with Gasteiger partial charge in [0.05, 0.1) is 24.0 Å². The van der Waals surface area contributed by atoms with Crippen molar-refractivity contribution in [1.82, 2.24) is 14.9 Å². The Hall–Kier alpha value is -2.93. The Morgan fingerprint density at radius 1 is 1.21 bits per heavy atom. The number of rotatable bonds is 5. The zero-order valence-electron chi connectivity index (χ0n) is 16.9. The fourth-order valence-corrected chi connectivity index (χ4v) is 4.04. The number of fused-ring (bicyclic) bond motifs is 1. The van der Waals surface area contributed by atoms with Crippen LogP contribution in [0, 0.1) is 6.92 Å². The highest BCUT2D eigenvalue weighted by molar-refractivity contribution is 6.10. The molecule has 150 valence electrons. The summed E-state index contributed by atoms with van der Waals surface area (Å²) in [4.78, 5) is 23.9. The van der Waals surface area contributed by atoms with E-state index < -0.39 is 5.60 Å². The number of ether oxygens (including phenoxy) is 1. The monoisotopic (exact) mass is 392 g/mol. The van der Waals surface area contributed by atoms with Crippen LogP contribution in [0.15, 0.2) is 41.1 Å². The molecule has 2 aromatic heterocycles. The van der Waals surface area contributed by atoms with Crippen LogP contribution >= 0.6 is 0 Å². The van der Waals surface area contributed by atoms with Gasteiger partial charge < -0.3 is 19.4 Å². The number of hydrogen-bond acceptors (Lipinski definition) is 6. The molecule has 1 aliphatic carbocycles. The molecular formula is C22H24N4O3. The summed E-state index contributed by atoms with van der Waals surface area (Å²) < 4.78 is 11.6. The van der Waals surface area contributed by atoms with Gasteiger partial charge in [0.15, 0.2) is 0 Å². The molecule has 1 N–H and O–H groups in total. The number of aryl methyl sites for hydroxylation is 1. The lowest BCUT2D eigenvalue weighted by Gasteiger charge is -2.49. The molecule has 0 radical (unpaired) electrons. The van der Waals surface area contributed by atoms with E-state index in [-0.39, 0.29) is 11.4 Å². The maximum absolute atomic E-state index is 13.4. The van der Waals surface area contributed by atoms with Gasteiger partial charge in [-0.25, -0.2) is 9.97 Å². The lowest BCUT2D eigenvalue weighted by molar-refractivity contribution is -0.114. The minimum atomic E-state index is -0.469. The highest BCUT2D eigenvalue weighted by Crippen LogP contribution is 2.41. The molecule has 1 saturated carbocycles. The highest BCUT2D eigenvalue weighted by Gasteiger charge is 2.48. The van der Waals surface area contributed by atoms with Crippen molar-refractivity contribution < 1.29 is 13.9 Å². The first-order chi connectivity index (χ1) is 13.9. The minimum absolute atomic E-state index is 0.0298. The van der Waals surface area contributed by atoms with Crippen LogP contribution in [-0.2, 0) is 10.3 Å². The fraction of sp³-hybridized carbons (Fsp3) is 0.409. The molecule has 0 bridgehead atoms. The Morgan fingerprint density at radius 2 is 1.93 bits per heavy atom. The number of benzene rings is 1. The molecule has 1 amide bonds. The van der Waals surface area contributed by atoms with Crippen LogP contribution in [0.1, 0.15) is 41.4 Å². The quantitative estimate of drug-likeness (QED) is 0.716. The van der Waals surface area contributed by atoms with E-state index in [0.29, 0.717) is 41.3 Å². The van der Waals surface area contributed by atoms with E-state index in [1.54, 1.807) is 18.9 Å². The molecule has 3 heterocycles. The number of amides is 1. The summed E-state index contributed by atoms with van der Waals surface area (Å²) in [5.41, 5.74) is 1.61. The number of furan rings is 1. The van der Waals surface area contributed by atoms with Gasteiger partial charge in [-0.2, -0.15) is 0 Å². The third kappa shape index (κ3) is 2.88. The highest BCUT2D eigenvalue weighted by atomic mass is 16.5. The van der Waals surface area contributed by atoms with Crippen molar-refractivity contribution in [3.05, 3.63) is 53.5 Å². The molecule has 2 aliphatic rings. The predicted molar refractivity (Wildman–Crippen MR) is 109 cm³/mol. The van der Waals surface area contributed by atoms with Crippen LogP contribution in [0.2, 0.25) is 0 Å². The molecule has 1 aromatic carbocycles. The minimum Gasteiger partial charge on any atom is -0.442 e. The maximum Gasteiger partial charge on any atom is 0.258 e. The zero-order valence-corrected chi connectivity index (χ0v) is 16.9. The third-order valence-corrected chi connectivity index (χ3v) is 6.17. The molecule has 1 saturated heterocycles. The smallest absolute Gasteiger partial charge is 0.258 e. The molecule has 0 atom stereocenters. The molecule has 2 fully saturated rings. The first kappa shape index (κ1) is 18.1. The molecule has 5 rings (SSSR count). The Labute approximate surface area is 169 Å². The van der Waals surface area contributed by atoms with Gasteiger partial charge in [-0.1, -0.05) is 30.3 Å². The predicted octanol–water partition coefficient (Wildman–Crippen LogP) is 3.49. The lowest BCUT2D eigenvalue weighted by atomic mass is 9.85. The van der Waals surface area contributed by atoms with Crippen LogP contribution in [-0.4, -0.2) is 46.5 Å². The number of methoxy groups -OCH3 is 1. The number of anilines is 1. The molecule has 7 heteroatoms. The second-order valence-electron chi connectivity index (χ2n) is 8.35. The molecule has 3 aromatic rings. The van der Waals surface area contributed by atoms with Gasteiger partial charge in [0.25, 0.3) is 5.91 Å². The van der Waals surface area contributed by atoms with Crippen molar-refractivity contribution in [3.8, 4) is 0 Å². The van der Waals surface area contributed by atoms with Crippen LogP contribution < -0.4 is 5.32 Å². The van der Waals surface area contributed by atoms with Crippen LogP contribution in [0.5, 0.6) is 0 Å². The average Bonchev–Trinajstić information content (AvgIpc) is 3.30. The van der Waals surface area contributed by atoms with E-state index in [2.05, 4.69) is 22.2 Å². The van der Waals surface area contributed by atoms with Gasteiger partial charge in [-0.05, 0) is 32.3 Å². The van der Waals surface area contributed by atoms with Crippen LogP contribution in [0.4, 0.5) is 5.82 Å². The van der Waals surface area contributed by atoms with Gasteiger partial charge in [0.1, 0.15) is 23.5 Å². The van der Waals surface area contributed by atoms with Crippen molar-refractivity contribution in [2.45, 2.75) is 37.8 Å². The first-order valence-corrected chi connectivity index (χ1v) is 9.87. The van der Waals surface area contributed by atoms with E-state index in [4.69, 9.17) is 9.15 Å². The average molecular weight is 392 g/mol. The van der Waals surface area contributed by atoms with Crippen molar-refractivity contribution in [2.75, 3.05) is 25.5 Å². The Morgan fingerprint density at radius 3 is 2.59 bits per heavy atom. The molecule has 0 spiro atoms. The lowest BCUT2D eigenvalue weighted by Crippen LogP contribution is -2.62. The summed E-state index contributed by atoms with van der Waals surface area (Å²) in [6.45, 7) is 4.94. The van der Waals surface area contributed by atoms with Gasteiger partial charge in [-0.15, -0.1) is 0 Å². The SMILES string of the molecule is COC1(c2ccccc2)CN(C(=O)c2c(C)oc3ncnc(NC4(C)CC4)c23)C1. The molecule has 1 aliphatic heterocycles. The molecular weight excluding hydrogens is 368 g/mol. The zero-order chi connectivity index (χ0) is 20.2. The standard InChI is InChI=1S/C22H24N4O3/c1-14-16(17-18(25-21(2)9-10-21)23-13-24-19(17)29-14)20(27)26-11-22(12-26,28-3)15-7-5-4-6-8-15/h4-8,13H,9-12H2,1-3H3,(H,23,24,25). The van der Waals surface area contributed by atoms with Crippen molar-refractivity contribution in [1.29, 1.82) is 0 Å². The number of likely N-dealkylation sites (tertiary alicyclic amines) is 1. The van der Waals surface area contributed by atoms with E-state index in [9.17, 15) is 4.79 Å². The number of carbonyl (C=O) groups is 1. The second kappa shape index (κ2) is 6.29. The molecule has 29 heavy (non-hydrogen) atoms. The first-order valence-electron chi connectivity index (χ1n) is 9.87. The van der Waals surface area contributed by atoms with E-state index in [1.165, 1.54) is 6.33 Å². The largest absolute Gasteiger partial charge is 0.442 e. The third-order valence-electron chi connectivity index (χ3n) is 6.17. The summed E-state index contributed by atoms with van der Waals surface area (Å²) in [7, 11) is 1.69. The number of carbonyl (C=O) groups excluding carboxylic acids is 1. The summed E-state index contributed by atoms with van der Waals surface area (Å²) >= 11 is 0. The summed E-state index contributed by atoms with van der Waals surface area (Å²) in [5, 5.41) is 4.13. The number of nitrogens with zero attached hydrogens (tertiary/aromatic N) is 3. The summed E-state index contributed by atoms with van der Waals surface area (Å²) in [6.07, 6.45) is 3.64. The normalized spacial score (nSPS) is 19.1. The topological polar surface area (TPSA) is 80.5 Å². The van der Waals surface area contributed by atoms with E-state index >= 15 is 0 Å². The van der Waals surface area contributed by atoms with Gasteiger partial charge in [0, 0.05) is 12.6 Å². The summed E-state index contributed by atoms with van der Waals surface area (Å²) in [6, 6.07) is 10.0. The second-order valence-corrected chi connectivity index (χ2v) is 8.35. The van der Waals surface area contributed by atoms with Gasteiger partial charge in [0.2, 0.25) is 5.71 Å². The van der Waals surface area contributed by atoms with Crippen molar-refractivity contribution in [3.63, 3.8) is 0 Å². The van der Waals surface area contributed by atoms with E-state index in [0.717, 1.165) is 18.4 Å². The maximum atomic E-state index is 13.4. The molecule has 7 nitrogen and oxygen atoms in total. The number of nitrogens with one attached hydrogen (secondary N) is 1.